The highest BCUT2D eigenvalue weighted by Crippen LogP contribution is 2.55. The third-order valence-corrected chi connectivity index (χ3v) is 7.51. The molecule has 0 heterocycles. The first kappa shape index (κ1) is 27.6. The van der Waals surface area contributed by atoms with Crippen molar-refractivity contribution < 1.29 is 30.8 Å². The van der Waals surface area contributed by atoms with E-state index in [0.29, 0.717) is 11.1 Å². The third kappa shape index (κ3) is 5.71. The van der Waals surface area contributed by atoms with Gasteiger partial charge in [0, 0.05) is 12.7 Å². The second kappa shape index (κ2) is 9.16. The number of benzene rings is 2. The van der Waals surface area contributed by atoms with E-state index >= 15 is 0 Å². The molecule has 1 aliphatic rings. The molecule has 0 aromatic heterocycles. The summed E-state index contributed by atoms with van der Waals surface area (Å²) in [7, 11) is -3.40. The molecule has 0 radical (unpaired) electrons. The molecule has 11 heteroatoms. The van der Waals surface area contributed by atoms with Crippen molar-refractivity contribution in [1.82, 2.24) is 5.32 Å². The van der Waals surface area contributed by atoms with Gasteiger partial charge < -0.3 is 11.1 Å². The van der Waals surface area contributed by atoms with Crippen LogP contribution in [0.3, 0.4) is 0 Å². The summed E-state index contributed by atoms with van der Waals surface area (Å²) in [5.41, 5.74) is 1.45. The van der Waals surface area contributed by atoms with Crippen molar-refractivity contribution in [3.05, 3.63) is 54.1 Å². The molecule has 0 unspecified atom stereocenters. The van der Waals surface area contributed by atoms with Gasteiger partial charge in [-0.05, 0) is 55.5 Å². The van der Waals surface area contributed by atoms with Gasteiger partial charge in [-0.15, -0.1) is 0 Å². The van der Waals surface area contributed by atoms with Crippen molar-refractivity contribution in [2.45, 2.75) is 61.4 Å². The quantitative estimate of drug-likeness (QED) is 0.489. The maximum absolute atomic E-state index is 14.5. The van der Waals surface area contributed by atoms with Crippen molar-refractivity contribution in [2.24, 2.45) is 11.1 Å². The number of halogens is 4. The summed E-state index contributed by atoms with van der Waals surface area (Å²) >= 11 is 0. The molecule has 0 saturated heterocycles. The molecule has 36 heavy (non-hydrogen) atoms. The van der Waals surface area contributed by atoms with Gasteiger partial charge >= 0.3 is 6.18 Å². The fraction of sp³-hybridized carbons (Fsp3) is 0.440. The molecule has 1 saturated carbocycles. The van der Waals surface area contributed by atoms with Crippen molar-refractivity contribution >= 4 is 15.7 Å². The zero-order chi connectivity index (χ0) is 27.2. The molecule has 0 bridgehead atoms. The molecule has 0 spiro atoms. The van der Waals surface area contributed by atoms with Gasteiger partial charge in [0.15, 0.2) is 15.9 Å². The Balaban J connectivity index is 1.91. The zero-order valence-electron chi connectivity index (χ0n) is 20.0. The van der Waals surface area contributed by atoms with Gasteiger partial charge in [-0.3, -0.25) is 4.79 Å². The first-order valence-corrected chi connectivity index (χ1v) is 13.0. The average Bonchev–Trinajstić information content (AvgIpc) is 3.57. The number of nitriles is 1. The number of nitrogens with two attached hydrogens (primary N) is 1. The third-order valence-electron chi connectivity index (χ3n) is 6.38. The Labute approximate surface area is 207 Å². The number of sulfone groups is 1. The molecule has 194 valence electrons. The summed E-state index contributed by atoms with van der Waals surface area (Å²) in [5, 5.41) is 11.5. The van der Waals surface area contributed by atoms with E-state index in [1.807, 2.05) is 11.4 Å². The standard InChI is InChI=1S/C25H27F4N3O3S/c1-22(2,26)14-24(31,23(15-30)12-13-23)21(33)32-20(25(27,28)29)18-6-4-16(5-7-18)17-8-10-19(11-9-17)36(3,34)35/h4-11,20H,12-14,31H2,1-3H3,(H,32,33)/t20-,24-/m0/s1. The summed E-state index contributed by atoms with van der Waals surface area (Å²) in [5.74, 6) is -1.24. The van der Waals surface area contributed by atoms with E-state index < -0.39 is 51.0 Å². The minimum atomic E-state index is -4.90. The van der Waals surface area contributed by atoms with Crippen LogP contribution in [0.1, 0.15) is 44.7 Å². The van der Waals surface area contributed by atoms with Crippen LogP contribution in [-0.2, 0) is 14.6 Å². The van der Waals surface area contributed by atoms with E-state index in [4.69, 9.17) is 5.73 Å². The Morgan fingerprint density at radius 1 is 1.06 bits per heavy atom. The predicted molar refractivity (Wildman–Crippen MR) is 126 cm³/mol. The lowest BCUT2D eigenvalue weighted by atomic mass is 9.74. The highest BCUT2D eigenvalue weighted by molar-refractivity contribution is 7.90. The summed E-state index contributed by atoms with van der Waals surface area (Å²) in [6, 6.07) is 10.5. The smallest absolute Gasteiger partial charge is 0.339 e. The van der Waals surface area contributed by atoms with E-state index in [1.165, 1.54) is 48.5 Å². The predicted octanol–water partition coefficient (Wildman–Crippen LogP) is 4.62. The van der Waals surface area contributed by atoms with Crippen molar-refractivity contribution in [3.63, 3.8) is 0 Å². The van der Waals surface area contributed by atoms with Crippen LogP contribution >= 0.6 is 0 Å². The number of rotatable bonds is 8. The molecule has 2 aromatic carbocycles. The number of carbonyl (C=O) groups is 1. The van der Waals surface area contributed by atoms with Gasteiger partial charge in [0.25, 0.3) is 0 Å². The number of nitrogens with zero attached hydrogens (tertiary/aromatic N) is 1. The number of nitrogens with one attached hydrogen (secondary N) is 1. The maximum Gasteiger partial charge on any atom is 0.412 e. The Morgan fingerprint density at radius 3 is 1.89 bits per heavy atom. The van der Waals surface area contributed by atoms with Crippen molar-refractivity contribution in [3.8, 4) is 17.2 Å². The van der Waals surface area contributed by atoms with Crippen LogP contribution in [0.25, 0.3) is 11.1 Å². The molecule has 1 fully saturated rings. The SMILES string of the molecule is CC(C)(F)C[C@](N)(C(=O)N[C@@H](c1ccc(-c2ccc(S(C)(=O)=O)cc2)cc1)C(F)(F)F)C1(C#N)CC1. The van der Waals surface area contributed by atoms with Crippen molar-refractivity contribution in [1.29, 1.82) is 5.26 Å². The molecule has 6 nitrogen and oxygen atoms in total. The van der Waals surface area contributed by atoms with Crippen LogP contribution < -0.4 is 11.1 Å². The molecule has 1 amide bonds. The van der Waals surface area contributed by atoms with E-state index in [0.717, 1.165) is 20.1 Å². The lowest BCUT2D eigenvalue weighted by molar-refractivity contribution is -0.166. The molecule has 2 atom stereocenters. The fourth-order valence-corrected chi connectivity index (χ4v) is 4.92. The minimum absolute atomic E-state index is 0.107. The monoisotopic (exact) mass is 525 g/mol. The topological polar surface area (TPSA) is 113 Å². The van der Waals surface area contributed by atoms with Crippen LogP contribution in [0, 0.1) is 16.7 Å². The van der Waals surface area contributed by atoms with E-state index in [2.05, 4.69) is 0 Å². The fourth-order valence-electron chi connectivity index (χ4n) is 4.29. The van der Waals surface area contributed by atoms with E-state index in [9.17, 15) is 36.0 Å². The Morgan fingerprint density at radius 2 is 1.53 bits per heavy atom. The first-order valence-electron chi connectivity index (χ1n) is 11.1. The van der Waals surface area contributed by atoms with Gasteiger partial charge in [-0.1, -0.05) is 36.4 Å². The van der Waals surface area contributed by atoms with Crippen LogP contribution in [0.2, 0.25) is 0 Å². The van der Waals surface area contributed by atoms with Gasteiger partial charge in [0.2, 0.25) is 5.91 Å². The summed E-state index contributed by atoms with van der Waals surface area (Å²) < 4.78 is 79.8. The van der Waals surface area contributed by atoms with Crippen LogP contribution in [0.15, 0.2) is 53.4 Å². The number of alkyl halides is 4. The molecular formula is C25H27F4N3O3S. The van der Waals surface area contributed by atoms with E-state index in [1.54, 1.807) is 0 Å². The van der Waals surface area contributed by atoms with Gasteiger partial charge in [0.05, 0.1) is 16.4 Å². The number of hydrogen-bond acceptors (Lipinski definition) is 5. The first-order chi connectivity index (χ1) is 16.4. The average molecular weight is 526 g/mol. The summed E-state index contributed by atoms with van der Waals surface area (Å²) in [4.78, 5) is 13.2. The van der Waals surface area contributed by atoms with E-state index in [-0.39, 0.29) is 23.3 Å². The summed E-state index contributed by atoms with van der Waals surface area (Å²) in [6.07, 6.45) is -4.08. The Hall–Kier alpha value is -2.97. The van der Waals surface area contributed by atoms with Gasteiger partial charge in [0.1, 0.15) is 11.2 Å². The maximum atomic E-state index is 14.5. The van der Waals surface area contributed by atoms with Crippen LogP contribution in [0.4, 0.5) is 17.6 Å². The lowest BCUT2D eigenvalue weighted by Gasteiger charge is -2.37. The molecule has 0 aliphatic heterocycles. The molecule has 2 aromatic rings. The van der Waals surface area contributed by atoms with Gasteiger partial charge in [-0.25, -0.2) is 12.8 Å². The lowest BCUT2D eigenvalue weighted by Crippen LogP contribution is -2.63. The second-order valence-corrected chi connectivity index (χ2v) is 11.9. The minimum Gasteiger partial charge on any atom is -0.339 e. The summed E-state index contributed by atoms with van der Waals surface area (Å²) in [6.45, 7) is 2.30. The number of carbonyl (C=O) groups excluding carboxylic acids is 1. The molecule has 3 N–H and O–H groups in total. The van der Waals surface area contributed by atoms with Gasteiger partial charge in [-0.2, -0.15) is 18.4 Å². The normalized spacial score (nSPS) is 18.0. The number of amides is 1. The highest BCUT2D eigenvalue weighted by Gasteiger charge is 2.64. The molecular weight excluding hydrogens is 498 g/mol. The zero-order valence-corrected chi connectivity index (χ0v) is 20.8. The molecule has 3 rings (SSSR count). The van der Waals surface area contributed by atoms with Crippen LogP contribution in [0.5, 0.6) is 0 Å². The van der Waals surface area contributed by atoms with Crippen LogP contribution in [-0.4, -0.2) is 38.0 Å². The Kier molecular flexibility index (Phi) is 7.03. The largest absolute Gasteiger partial charge is 0.412 e. The second-order valence-electron chi connectivity index (χ2n) is 9.93. The Bertz CT molecular complexity index is 1270. The molecule has 1 aliphatic carbocycles. The number of hydrogen-bond donors (Lipinski definition) is 2. The highest BCUT2D eigenvalue weighted by atomic mass is 32.2. The van der Waals surface area contributed by atoms with Crippen molar-refractivity contribution in [2.75, 3.05) is 6.26 Å².